The van der Waals surface area contributed by atoms with Crippen LogP contribution < -0.4 is 5.32 Å². The van der Waals surface area contributed by atoms with Crippen LogP contribution in [-0.4, -0.2) is 32.8 Å². The number of hydrogen-bond donors (Lipinski definition) is 3. The minimum Gasteiger partial charge on any atom is -0.477 e. The van der Waals surface area contributed by atoms with E-state index in [0.29, 0.717) is 21.1 Å². The number of nitrogens with one attached hydrogen (secondary N) is 1. The first kappa shape index (κ1) is 16.0. The molecule has 0 aliphatic heterocycles. The molecule has 1 aliphatic carbocycles. The van der Waals surface area contributed by atoms with Gasteiger partial charge in [0.1, 0.15) is 21.9 Å². The van der Waals surface area contributed by atoms with E-state index in [-0.39, 0.29) is 18.6 Å². The fourth-order valence-corrected chi connectivity index (χ4v) is 4.59. The van der Waals surface area contributed by atoms with Crippen LogP contribution in [0.1, 0.15) is 44.7 Å². The average molecular weight is 355 g/mol. The summed E-state index contributed by atoms with van der Waals surface area (Å²) in [5.74, 6) is -0.202. The molecular weight excluding hydrogens is 338 g/mol. The predicted molar refractivity (Wildman–Crippen MR) is 96.4 cm³/mol. The first-order valence-electron chi connectivity index (χ1n) is 8.03. The van der Waals surface area contributed by atoms with Gasteiger partial charge in [-0.2, -0.15) is 0 Å². The molecule has 2 heterocycles. The maximum atomic E-state index is 11.4. The second kappa shape index (κ2) is 6.09. The molecule has 3 aromatic rings. The van der Waals surface area contributed by atoms with Gasteiger partial charge in [0.15, 0.2) is 0 Å². The summed E-state index contributed by atoms with van der Waals surface area (Å²) in [7, 11) is 0. The maximum absolute atomic E-state index is 11.4. The number of aliphatic hydroxyl groups is 1. The lowest BCUT2D eigenvalue weighted by atomic mass is 10.0. The Morgan fingerprint density at radius 3 is 2.80 bits per heavy atom. The summed E-state index contributed by atoms with van der Waals surface area (Å²) < 4.78 is 0. The zero-order valence-electron chi connectivity index (χ0n) is 13.6. The molecule has 6 nitrogen and oxygen atoms in total. The summed E-state index contributed by atoms with van der Waals surface area (Å²) in [4.78, 5) is 20.9. The number of carboxylic acids is 1. The number of benzene rings is 1. The van der Waals surface area contributed by atoms with E-state index >= 15 is 0 Å². The highest BCUT2D eigenvalue weighted by molar-refractivity contribution is 7.20. The molecule has 2 unspecified atom stereocenters. The Labute approximate surface area is 148 Å². The standard InChI is InChI=1S/C18H17N3O3S/c1-9-14-16(19-8-20-17(14)25-15(9)18(23)24)21-13-6-10(7-22)11-4-2-3-5-12(11)13/h2-5,8,10,13,22H,6-7H2,1H3,(H,23,24)(H,19,20,21). The topological polar surface area (TPSA) is 95.3 Å². The number of anilines is 1. The number of carbonyl (C=O) groups is 1. The molecule has 2 atom stereocenters. The number of aromatic nitrogens is 2. The van der Waals surface area contributed by atoms with Crippen molar-refractivity contribution in [3.8, 4) is 0 Å². The number of nitrogens with zero attached hydrogens (tertiary/aromatic N) is 2. The van der Waals surface area contributed by atoms with Crippen LogP contribution in [0.4, 0.5) is 5.82 Å². The quantitative estimate of drug-likeness (QED) is 0.664. The molecule has 7 heteroatoms. The van der Waals surface area contributed by atoms with E-state index in [9.17, 15) is 15.0 Å². The van der Waals surface area contributed by atoms with Crippen molar-refractivity contribution in [3.05, 3.63) is 52.2 Å². The van der Waals surface area contributed by atoms with Crippen LogP contribution in [0.15, 0.2) is 30.6 Å². The number of aryl methyl sites for hydroxylation is 1. The summed E-state index contributed by atoms with van der Waals surface area (Å²) in [6.45, 7) is 1.89. The molecule has 3 N–H and O–H groups in total. The minimum absolute atomic E-state index is 0.0269. The van der Waals surface area contributed by atoms with Crippen molar-refractivity contribution in [1.82, 2.24) is 9.97 Å². The first-order valence-corrected chi connectivity index (χ1v) is 8.85. The zero-order valence-corrected chi connectivity index (χ0v) is 14.4. The van der Waals surface area contributed by atoms with Gasteiger partial charge in [-0.15, -0.1) is 11.3 Å². The van der Waals surface area contributed by atoms with Gasteiger partial charge in [0.05, 0.1) is 18.0 Å². The van der Waals surface area contributed by atoms with Crippen LogP contribution in [0.5, 0.6) is 0 Å². The maximum Gasteiger partial charge on any atom is 0.346 e. The predicted octanol–water partition coefficient (Wildman–Crippen LogP) is 3.33. The van der Waals surface area contributed by atoms with E-state index in [0.717, 1.165) is 34.3 Å². The highest BCUT2D eigenvalue weighted by Crippen LogP contribution is 2.43. The molecule has 0 spiro atoms. The third-order valence-electron chi connectivity index (χ3n) is 4.78. The Morgan fingerprint density at radius 2 is 2.08 bits per heavy atom. The van der Waals surface area contributed by atoms with E-state index in [1.54, 1.807) is 6.92 Å². The van der Waals surface area contributed by atoms with E-state index in [4.69, 9.17) is 0 Å². The molecule has 128 valence electrons. The summed E-state index contributed by atoms with van der Waals surface area (Å²) in [6, 6.07) is 8.10. The molecule has 0 saturated carbocycles. The minimum atomic E-state index is -0.946. The molecule has 1 aliphatic rings. The van der Waals surface area contributed by atoms with E-state index in [1.165, 1.54) is 6.33 Å². The van der Waals surface area contributed by atoms with Crippen molar-refractivity contribution in [2.75, 3.05) is 11.9 Å². The largest absolute Gasteiger partial charge is 0.477 e. The van der Waals surface area contributed by atoms with E-state index < -0.39 is 5.97 Å². The van der Waals surface area contributed by atoms with Crippen LogP contribution in [0.2, 0.25) is 0 Å². The number of fused-ring (bicyclic) bond motifs is 2. The number of hydrogen-bond acceptors (Lipinski definition) is 6. The second-order valence-electron chi connectivity index (χ2n) is 6.20. The van der Waals surface area contributed by atoms with Crippen LogP contribution in [-0.2, 0) is 0 Å². The van der Waals surface area contributed by atoms with Gasteiger partial charge >= 0.3 is 5.97 Å². The zero-order chi connectivity index (χ0) is 17.6. The Morgan fingerprint density at radius 1 is 1.32 bits per heavy atom. The molecule has 0 bridgehead atoms. The van der Waals surface area contributed by atoms with Gasteiger partial charge in [0.25, 0.3) is 0 Å². The van der Waals surface area contributed by atoms with Gasteiger partial charge in [0.2, 0.25) is 0 Å². The number of carboxylic acid groups (broad SMARTS) is 1. The summed E-state index contributed by atoms with van der Waals surface area (Å²) in [5, 5.41) is 23.2. The molecular formula is C18H17N3O3S. The lowest BCUT2D eigenvalue weighted by Crippen LogP contribution is -2.10. The van der Waals surface area contributed by atoms with Gasteiger partial charge in [-0.05, 0) is 30.0 Å². The fraction of sp³-hybridized carbons (Fsp3) is 0.278. The van der Waals surface area contributed by atoms with Gasteiger partial charge in [-0.3, -0.25) is 0 Å². The van der Waals surface area contributed by atoms with Gasteiger partial charge in [0, 0.05) is 5.92 Å². The third-order valence-corrected chi connectivity index (χ3v) is 5.97. The number of aromatic carboxylic acids is 1. The molecule has 0 fully saturated rings. The molecule has 4 rings (SSSR count). The van der Waals surface area contributed by atoms with Crippen molar-refractivity contribution < 1.29 is 15.0 Å². The molecule has 0 saturated heterocycles. The van der Waals surface area contributed by atoms with E-state index in [1.807, 2.05) is 18.2 Å². The number of thiophene rings is 1. The molecule has 0 radical (unpaired) electrons. The Kier molecular flexibility index (Phi) is 3.89. The lowest BCUT2D eigenvalue weighted by Gasteiger charge is -2.16. The fourth-order valence-electron chi connectivity index (χ4n) is 3.60. The average Bonchev–Trinajstić information content (AvgIpc) is 3.14. The van der Waals surface area contributed by atoms with Crippen LogP contribution in [0.3, 0.4) is 0 Å². The summed E-state index contributed by atoms with van der Waals surface area (Å²) in [6.07, 6.45) is 2.23. The summed E-state index contributed by atoms with van der Waals surface area (Å²) in [5.41, 5.74) is 2.99. The summed E-state index contributed by atoms with van der Waals surface area (Å²) >= 11 is 1.16. The Hall–Kier alpha value is -2.51. The molecule has 25 heavy (non-hydrogen) atoms. The highest BCUT2D eigenvalue weighted by atomic mass is 32.1. The first-order chi connectivity index (χ1) is 12.1. The Balaban J connectivity index is 1.76. The number of rotatable bonds is 4. The van der Waals surface area contributed by atoms with E-state index in [2.05, 4.69) is 21.4 Å². The van der Waals surface area contributed by atoms with Gasteiger partial charge < -0.3 is 15.5 Å². The highest BCUT2D eigenvalue weighted by Gasteiger charge is 2.31. The van der Waals surface area contributed by atoms with Crippen LogP contribution in [0, 0.1) is 6.92 Å². The van der Waals surface area contributed by atoms with Crippen molar-refractivity contribution in [3.63, 3.8) is 0 Å². The molecule has 0 amide bonds. The monoisotopic (exact) mass is 355 g/mol. The SMILES string of the molecule is Cc1c(C(=O)O)sc2ncnc(NC3CC(CO)c4ccccc43)c12. The van der Waals surface area contributed by atoms with Crippen molar-refractivity contribution >= 4 is 33.3 Å². The van der Waals surface area contributed by atoms with Crippen LogP contribution >= 0.6 is 11.3 Å². The second-order valence-corrected chi connectivity index (χ2v) is 7.20. The third kappa shape index (κ3) is 2.56. The van der Waals surface area contributed by atoms with Crippen molar-refractivity contribution in [2.24, 2.45) is 0 Å². The molecule has 2 aromatic heterocycles. The van der Waals surface area contributed by atoms with Gasteiger partial charge in [-0.25, -0.2) is 14.8 Å². The smallest absolute Gasteiger partial charge is 0.346 e. The van der Waals surface area contributed by atoms with Crippen molar-refractivity contribution in [2.45, 2.75) is 25.3 Å². The normalized spacial score (nSPS) is 19.1. The van der Waals surface area contributed by atoms with Crippen molar-refractivity contribution in [1.29, 1.82) is 0 Å². The lowest BCUT2D eigenvalue weighted by molar-refractivity contribution is 0.0701. The van der Waals surface area contributed by atoms with Gasteiger partial charge in [-0.1, -0.05) is 24.3 Å². The molecule has 1 aromatic carbocycles. The number of aliphatic hydroxyl groups excluding tert-OH is 1. The Bertz CT molecular complexity index is 969. The van der Waals surface area contributed by atoms with Crippen LogP contribution in [0.25, 0.3) is 10.2 Å².